The van der Waals surface area contributed by atoms with E-state index in [1.807, 2.05) is 95.3 Å². The predicted octanol–water partition coefficient (Wildman–Crippen LogP) is 10.0. The summed E-state index contributed by atoms with van der Waals surface area (Å²) in [6.07, 6.45) is 1.71. The largest absolute Gasteiger partial charge is 0.461 e. The van der Waals surface area contributed by atoms with Crippen LogP contribution in [0.25, 0.3) is 0 Å². The third-order valence-electron chi connectivity index (χ3n) is 7.94. The molecule has 7 nitrogen and oxygen atoms in total. The maximum atomic E-state index is 12.7. The third kappa shape index (κ3) is 10.6. The van der Waals surface area contributed by atoms with Gasteiger partial charge in [0, 0.05) is 16.1 Å². The minimum atomic E-state index is -0.574. The van der Waals surface area contributed by atoms with E-state index in [-0.39, 0.29) is 46.1 Å². The Morgan fingerprint density at radius 3 is 2.00 bits per heavy atom. The summed E-state index contributed by atoms with van der Waals surface area (Å²) >= 11 is 17.3. The Kier molecular flexibility index (Phi) is 12.6. The van der Waals surface area contributed by atoms with Crippen LogP contribution < -0.4 is 10.2 Å². The summed E-state index contributed by atoms with van der Waals surface area (Å²) in [4.78, 5) is 37.5. The van der Waals surface area contributed by atoms with E-state index in [9.17, 15) is 14.4 Å². The summed E-state index contributed by atoms with van der Waals surface area (Å²) in [5.41, 5.74) is 3.74. The first kappa shape index (κ1) is 37.5. The third-order valence-corrected chi connectivity index (χ3v) is 8.45. The number of hydrazine groups is 1. The van der Waals surface area contributed by atoms with Crippen LogP contribution in [0.5, 0.6) is 11.5 Å². The monoisotopic (exact) mass is 720 g/mol. The first-order valence-electron chi connectivity index (χ1n) is 15.6. The van der Waals surface area contributed by atoms with Crippen LogP contribution in [-0.2, 0) is 16.1 Å². The number of hydrogen-bond acceptors (Lipinski definition) is 5. The molecule has 4 aromatic carbocycles. The van der Waals surface area contributed by atoms with Crippen molar-refractivity contribution in [3.63, 3.8) is 0 Å². The second-order valence-electron chi connectivity index (χ2n) is 13.1. The lowest BCUT2D eigenvalue weighted by atomic mass is 10.1. The van der Waals surface area contributed by atoms with E-state index < -0.39 is 5.54 Å². The van der Waals surface area contributed by atoms with Crippen molar-refractivity contribution in [1.82, 2.24) is 10.4 Å². The lowest BCUT2D eigenvalue weighted by Gasteiger charge is -2.35. The van der Waals surface area contributed by atoms with Gasteiger partial charge in [0.1, 0.15) is 22.6 Å². The highest BCUT2D eigenvalue weighted by Crippen LogP contribution is 2.60. The van der Waals surface area contributed by atoms with E-state index in [1.165, 1.54) is 5.01 Å². The highest BCUT2D eigenvalue weighted by Gasteiger charge is 2.61. The Balaban J connectivity index is 0.000000223. The van der Waals surface area contributed by atoms with Gasteiger partial charge in [-0.15, -0.1) is 0 Å². The second-order valence-corrected chi connectivity index (χ2v) is 14.5. The average Bonchev–Trinajstić information content (AvgIpc) is 3.61. The van der Waals surface area contributed by atoms with Crippen LogP contribution in [0, 0.1) is 17.3 Å². The number of halogens is 3. The van der Waals surface area contributed by atoms with E-state index in [0.717, 1.165) is 11.3 Å². The smallest absolute Gasteiger partial charge is 0.310 e. The number of benzene rings is 4. The van der Waals surface area contributed by atoms with Gasteiger partial charge in [0.25, 0.3) is 11.8 Å². The van der Waals surface area contributed by atoms with E-state index in [1.54, 1.807) is 54.6 Å². The summed E-state index contributed by atoms with van der Waals surface area (Å²) < 4.78 is 11.5. The Bertz CT molecular complexity index is 1770. The molecule has 2 amide bonds. The fraction of sp³-hybridized carbons (Fsp3) is 0.256. The SMILES string of the molecule is CC(C)(C)N(NC(=O)c1ccc(Cl)cc1)C(=O)c1ccccc1.CC1(C)C(C=C(Cl)Cl)C1C(=O)OCc1cccc(Oc2ccccc2)c1. The Morgan fingerprint density at radius 2 is 1.41 bits per heavy atom. The van der Waals surface area contributed by atoms with Gasteiger partial charge in [-0.2, -0.15) is 0 Å². The number of carbonyl (C=O) groups is 3. The molecule has 1 saturated carbocycles. The molecule has 1 aliphatic carbocycles. The number of amides is 2. The first-order chi connectivity index (χ1) is 23.2. The summed E-state index contributed by atoms with van der Waals surface area (Å²) in [5.74, 6) is 0.383. The number of nitrogens with one attached hydrogen (secondary N) is 1. The molecule has 0 aliphatic heterocycles. The van der Waals surface area contributed by atoms with E-state index >= 15 is 0 Å². The zero-order chi connectivity index (χ0) is 35.8. The molecule has 5 rings (SSSR count). The van der Waals surface area contributed by atoms with Crippen LogP contribution >= 0.6 is 34.8 Å². The number of allylic oxidation sites excluding steroid dienone is 1. The zero-order valence-electron chi connectivity index (χ0n) is 28.0. The number of hydrogen-bond donors (Lipinski definition) is 1. The van der Waals surface area contributed by atoms with Crippen LogP contribution in [0.15, 0.2) is 120 Å². The lowest BCUT2D eigenvalue weighted by molar-refractivity contribution is -0.147. The Labute approximate surface area is 302 Å². The van der Waals surface area contributed by atoms with Crippen LogP contribution in [-0.4, -0.2) is 28.3 Å². The maximum Gasteiger partial charge on any atom is 0.310 e. The second kappa shape index (κ2) is 16.4. The summed E-state index contributed by atoms with van der Waals surface area (Å²) in [6.45, 7) is 9.78. The average molecular weight is 722 g/mol. The molecule has 256 valence electrons. The van der Waals surface area contributed by atoms with Crippen molar-refractivity contribution in [3.05, 3.63) is 141 Å². The molecule has 0 spiro atoms. The molecule has 0 heterocycles. The van der Waals surface area contributed by atoms with Gasteiger partial charge >= 0.3 is 5.97 Å². The van der Waals surface area contributed by atoms with Crippen LogP contribution in [0.4, 0.5) is 0 Å². The van der Waals surface area contributed by atoms with Crippen molar-refractivity contribution in [3.8, 4) is 11.5 Å². The van der Waals surface area contributed by atoms with Gasteiger partial charge < -0.3 is 9.47 Å². The van der Waals surface area contributed by atoms with Gasteiger partial charge in [-0.25, -0.2) is 5.01 Å². The number of para-hydroxylation sites is 1. The molecule has 4 aromatic rings. The molecular weight excluding hydrogens is 683 g/mol. The van der Waals surface area contributed by atoms with E-state index in [2.05, 4.69) is 5.43 Å². The Hall–Kier alpha value is -4.30. The molecule has 0 saturated heterocycles. The van der Waals surface area contributed by atoms with Gasteiger partial charge in [-0.05, 0) is 104 Å². The highest BCUT2D eigenvalue weighted by molar-refractivity contribution is 6.55. The fourth-order valence-electron chi connectivity index (χ4n) is 5.14. The topological polar surface area (TPSA) is 84.9 Å². The number of nitrogens with zero attached hydrogens (tertiary/aromatic N) is 1. The molecule has 49 heavy (non-hydrogen) atoms. The van der Waals surface area contributed by atoms with Gasteiger partial charge in [0.2, 0.25) is 0 Å². The Morgan fingerprint density at radius 1 is 0.816 bits per heavy atom. The highest BCUT2D eigenvalue weighted by atomic mass is 35.5. The van der Waals surface area contributed by atoms with Crippen molar-refractivity contribution in [2.24, 2.45) is 17.3 Å². The van der Waals surface area contributed by atoms with Crippen molar-refractivity contribution in [1.29, 1.82) is 0 Å². The predicted molar refractivity (Wildman–Crippen MR) is 195 cm³/mol. The van der Waals surface area contributed by atoms with E-state index in [4.69, 9.17) is 44.3 Å². The van der Waals surface area contributed by atoms with Crippen LogP contribution in [0.3, 0.4) is 0 Å². The van der Waals surface area contributed by atoms with Crippen molar-refractivity contribution >= 4 is 52.6 Å². The van der Waals surface area contributed by atoms with Gasteiger partial charge in [-0.1, -0.05) is 97.2 Å². The lowest BCUT2D eigenvalue weighted by Crippen LogP contribution is -2.55. The molecular formula is C39H39Cl3N2O5. The zero-order valence-corrected chi connectivity index (χ0v) is 30.2. The summed E-state index contributed by atoms with van der Waals surface area (Å²) in [7, 11) is 0. The van der Waals surface area contributed by atoms with Gasteiger partial charge in [-0.3, -0.25) is 19.8 Å². The number of carbonyl (C=O) groups excluding carboxylic acids is 3. The molecule has 0 radical (unpaired) electrons. The van der Waals surface area contributed by atoms with Gasteiger partial charge in [0.05, 0.1) is 11.5 Å². The quantitative estimate of drug-likeness (QED) is 0.145. The minimum Gasteiger partial charge on any atom is -0.461 e. The number of rotatable bonds is 8. The molecule has 1 aliphatic rings. The van der Waals surface area contributed by atoms with E-state index in [0.29, 0.717) is 21.9 Å². The van der Waals surface area contributed by atoms with Crippen molar-refractivity contribution in [2.45, 2.75) is 46.8 Å². The molecule has 2 atom stereocenters. The molecule has 2 unspecified atom stereocenters. The summed E-state index contributed by atoms with van der Waals surface area (Å²) in [5, 5.41) is 1.90. The standard InChI is InChI=1S/C21H20Cl2O3.C18H19ClN2O2/c1-21(2)17(12-18(22)23)19(21)20(24)25-13-14-7-6-10-16(11-14)26-15-8-4-3-5-9-15;1-18(2,3)21(17(23)14-7-5-4-6-8-14)20-16(22)13-9-11-15(19)12-10-13/h3-12,17,19H,13H2,1-2H3;4-12H,1-3H3,(H,20,22). The molecule has 1 fully saturated rings. The van der Waals surface area contributed by atoms with Crippen molar-refractivity contribution < 1.29 is 23.9 Å². The first-order valence-corrected chi connectivity index (χ1v) is 16.8. The number of ether oxygens (including phenoxy) is 2. The van der Waals surface area contributed by atoms with Gasteiger partial charge in [0.15, 0.2) is 0 Å². The molecule has 10 heteroatoms. The molecule has 1 N–H and O–H groups in total. The van der Waals surface area contributed by atoms with Crippen LogP contribution in [0.2, 0.25) is 5.02 Å². The van der Waals surface area contributed by atoms with Crippen molar-refractivity contribution in [2.75, 3.05) is 0 Å². The summed E-state index contributed by atoms with van der Waals surface area (Å²) in [6, 6.07) is 32.4. The van der Waals surface area contributed by atoms with Crippen LogP contribution in [0.1, 0.15) is 60.9 Å². The fourth-order valence-corrected chi connectivity index (χ4v) is 5.54. The maximum absolute atomic E-state index is 12.7. The molecule has 0 aromatic heterocycles. The number of esters is 1. The minimum absolute atomic E-state index is 0.00717. The normalized spacial score (nSPS) is 15.8. The molecule has 0 bridgehead atoms.